The van der Waals surface area contributed by atoms with Crippen LogP contribution >= 0.6 is 15.9 Å². The summed E-state index contributed by atoms with van der Waals surface area (Å²) in [6, 6.07) is 0. The predicted octanol–water partition coefficient (Wildman–Crippen LogP) is 4.58. The molecule has 0 bridgehead atoms. The number of hydrogen-bond donors (Lipinski definition) is 0. The van der Waals surface area contributed by atoms with E-state index in [1.807, 2.05) is 15.9 Å². The van der Waals surface area contributed by atoms with Crippen molar-refractivity contribution in [3.63, 3.8) is 0 Å². The molecule has 0 aliphatic heterocycles. The van der Waals surface area contributed by atoms with Crippen LogP contribution in [0.25, 0.3) is 0 Å². The summed E-state index contributed by atoms with van der Waals surface area (Å²) in [5.41, 5.74) is 0. The third kappa shape index (κ3) is 3.76. The molecule has 0 spiro atoms. The summed E-state index contributed by atoms with van der Waals surface area (Å²) in [7, 11) is 0. The van der Waals surface area contributed by atoms with Crippen LogP contribution in [0, 0.1) is 0 Å². The van der Waals surface area contributed by atoms with Crippen LogP contribution in [0.15, 0.2) is 22.0 Å². The highest BCUT2D eigenvalue weighted by Crippen LogP contribution is 2.35. The first-order chi connectivity index (χ1) is 7.12. The zero-order chi connectivity index (χ0) is 13.1. The number of halogens is 9. The molecule has 0 aromatic rings. The van der Waals surface area contributed by atoms with Gasteiger partial charge >= 0.3 is 6.18 Å². The Morgan fingerprint density at radius 3 is 1.88 bits per heavy atom. The summed E-state index contributed by atoms with van der Waals surface area (Å²) in [4.78, 5) is 0. The molecule has 9 heteroatoms. The van der Waals surface area contributed by atoms with Crippen molar-refractivity contribution < 1.29 is 35.1 Å². The highest BCUT2D eigenvalue weighted by molar-refractivity contribution is 9.12. The Bertz CT molecular complexity index is 315. The lowest BCUT2D eigenvalue weighted by molar-refractivity contribution is -0.174. The topological polar surface area (TPSA) is 0 Å². The normalized spacial score (nSPS) is 17.8. The van der Waals surface area contributed by atoms with E-state index in [4.69, 9.17) is 0 Å². The average Bonchev–Trinajstić information content (AvgIpc) is 2.22. The summed E-state index contributed by atoms with van der Waals surface area (Å²) in [6.07, 6.45) is -9.89. The van der Waals surface area contributed by atoms with Gasteiger partial charge in [0.1, 0.15) is 12.5 Å². The molecule has 1 atom stereocenters. The van der Waals surface area contributed by atoms with E-state index in [9.17, 15) is 35.1 Å². The Hall–Kier alpha value is -0.600. The SMILES string of the molecule is FC/C(F)=C(Br)\C(F)=C(\F)C(F)C(F)(F)F. The molecule has 0 radical (unpaired) electrons. The Morgan fingerprint density at radius 2 is 1.56 bits per heavy atom. The number of rotatable bonds is 3. The minimum absolute atomic E-state index is 1.53. The molecule has 0 fully saturated rings. The Labute approximate surface area is 92.7 Å². The number of hydrogen-bond acceptors (Lipinski definition) is 0. The average molecular weight is 319 g/mol. The van der Waals surface area contributed by atoms with E-state index in [2.05, 4.69) is 0 Å². The van der Waals surface area contributed by atoms with Crippen molar-refractivity contribution >= 4 is 15.9 Å². The second kappa shape index (κ2) is 5.65. The van der Waals surface area contributed by atoms with Gasteiger partial charge in [-0.15, -0.1) is 0 Å². The fraction of sp³-hybridized carbons (Fsp3) is 0.429. The van der Waals surface area contributed by atoms with Crippen LogP contribution in [0.1, 0.15) is 0 Å². The predicted molar refractivity (Wildman–Crippen MR) is 43.2 cm³/mol. The van der Waals surface area contributed by atoms with Crippen molar-refractivity contribution in [2.45, 2.75) is 12.3 Å². The van der Waals surface area contributed by atoms with Crippen LogP contribution in [0.5, 0.6) is 0 Å². The van der Waals surface area contributed by atoms with Crippen LogP contribution in [0.3, 0.4) is 0 Å². The van der Waals surface area contributed by atoms with Crippen molar-refractivity contribution in [1.82, 2.24) is 0 Å². The van der Waals surface area contributed by atoms with E-state index in [0.717, 1.165) is 0 Å². The lowest BCUT2D eigenvalue weighted by Crippen LogP contribution is -2.25. The summed E-state index contributed by atoms with van der Waals surface area (Å²) < 4.78 is 94.5. The molecule has 0 saturated carbocycles. The molecule has 16 heavy (non-hydrogen) atoms. The molecule has 0 amide bonds. The van der Waals surface area contributed by atoms with Gasteiger partial charge < -0.3 is 0 Å². The monoisotopic (exact) mass is 318 g/mol. The lowest BCUT2D eigenvalue weighted by Gasteiger charge is -2.10. The van der Waals surface area contributed by atoms with Gasteiger partial charge in [-0.25, -0.2) is 22.0 Å². The van der Waals surface area contributed by atoms with E-state index in [-0.39, 0.29) is 0 Å². The summed E-state index contributed by atoms with van der Waals surface area (Å²) >= 11 is 1.96. The third-order valence-corrected chi connectivity index (χ3v) is 2.05. The van der Waals surface area contributed by atoms with E-state index in [1.165, 1.54) is 0 Å². The van der Waals surface area contributed by atoms with Crippen molar-refractivity contribution in [2.24, 2.45) is 0 Å². The van der Waals surface area contributed by atoms with E-state index < -0.39 is 41.0 Å². The molecule has 0 saturated heterocycles. The van der Waals surface area contributed by atoms with Crippen LogP contribution in [0.4, 0.5) is 35.1 Å². The van der Waals surface area contributed by atoms with Crippen LogP contribution in [-0.4, -0.2) is 19.0 Å². The maximum absolute atomic E-state index is 12.7. The summed E-state index contributed by atoms with van der Waals surface area (Å²) in [6.45, 7) is -1.87. The quantitative estimate of drug-likeness (QED) is 0.527. The van der Waals surface area contributed by atoms with E-state index >= 15 is 0 Å². The maximum Gasteiger partial charge on any atom is 0.426 e. The molecule has 94 valence electrons. The maximum atomic E-state index is 12.7. The molecule has 1 unspecified atom stereocenters. The first-order valence-corrected chi connectivity index (χ1v) is 4.28. The first-order valence-electron chi connectivity index (χ1n) is 3.49. The first kappa shape index (κ1) is 15.4. The van der Waals surface area contributed by atoms with Gasteiger partial charge in [0.05, 0.1) is 4.48 Å². The van der Waals surface area contributed by atoms with E-state index in [0.29, 0.717) is 0 Å². The lowest BCUT2D eigenvalue weighted by atomic mass is 10.3. The Kier molecular flexibility index (Phi) is 5.43. The summed E-state index contributed by atoms with van der Waals surface area (Å²) in [5, 5.41) is 0. The van der Waals surface area contributed by atoms with Crippen molar-refractivity contribution in [2.75, 3.05) is 6.67 Å². The van der Waals surface area contributed by atoms with Crippen molar-refractivity contribution in [1.29, 1.82) is 0 Å². The van der Waals surface area contributed by atoms with Crippen LogP contribution < -0.4 is 0 Å². The molecule has 0 rings (SSSR count). The Morgan fingerprint density at radius 1 is 1.12 bits per heavy atom. The second-order valence-corrected chi connectivity index (χ2v) is 3.21. The highest BCUT2D eigenvalue weighted by atomic mass is 79.9. The minimum Gasteiger partial charge on any atom is -0.243 e. The van der Waals surface area contributed by atoms with Gasteiger partial charge in [-0.3, -0.25) is 0 Å². The fourth-order valence-corrected chi connectivity index (χ4v) is 0.833. The molecule has 0 aromatic heterocycles. The van der Waals surface area contributed by atoms with Gasteiger partial charge in [-0.2, -0.15) is 13.2 Å². The molecule has 0 nitrogen and oxygen atoms in total. The molecule has 0 heterocycles. The minimum atomic E-state index is -5.67. The van der Waals surface area contributed by atoms with Crippen molar-refractivity contribution in [3.8, 4) is 0 Å². The molecule has 0 aliphatic carbocycles. The smallest absolute Gasteiger partial charge is 0.243 e. The van der Waals surface area contributed by atoms with Crippen LogP contribution in [-0.2, 0) is 0 Å². The molecule has 0 aliphatic rings. The number of allylic oxidation sites excluding steroid dienone is 4. The van der Waals surface area contributed by atoms with Crippen LogP contribution in [0.2, 0.25) is 0 Å². The number of alkyl halides is 5. The Balaban J connectivity index is 5.28. The molecular formula is C7H3BrF8. The molecule has 0 N–H and O–H groups in total. The molecular weight excluding hydrogens is 316 g/mol. The van der Waals surface area contributed by atoms with Gasteiger partial charge in [-0.1, -0.05) is 0 Å². The standard InChI is InChI=1S/C7H3BrF8/c8-3(2(10)1-9)4(11)5(12)6(13)7(14,15)16/h6H,1H2/b3-2-,5-4-. The highest BCUT2D eigenvalue weighted by Gasteiger charge is 2.45. The van der Waals surface area contributed by atoms with Gasteiger partial charge in [0.25, 0.3) is 0 Å². The zero-order valence-electron chi connectivity index (χ0n) is 7.19. The fourth-order valence-electron chi connectivity index (χ4n) is 0.538. The van der Waals surface area contributed by atoms with Gasteiger partial charge in [0, 0.05) is 0 Å². The van der Waals surface area contributed by atoms with E-state index in [1.54, 1.807) is 0 Å². The summed E-state index contributed by atoms with van der Waals surface area (Å²) in [5.74, 6) is -7.23. The van der Waals surface area contributed by atoms with Gasteiger partial charge in [0.2, 0.25) is 6.17 Å². The zero-order valence-corrected chi connectivity index (χ0v) is 8.77. The van der Waals surface area contributed by atoms with Crippen molar-refractivity contribution in [3.05, 3.63) is 22.0 Å². The largest absolute Gasteiger partial charge is 0.426 e. The van der Waals surface area contributed by atoms with Gasteiger partial charge in [-0.05, 0) is 15.9 Å². The van der Waals surface area contributed by atoms with Gasteiger partial charge in [0.15, 0.2) is 11.7 Å². The molecule has 0 aromatic carbocycles. The second-order valence-electron chi connectivity index (χ2n) is 2.42. The third-order valence-electron chi connectivity index (χ3n) is 1.27.